The van der Waals surface area contributed by atoms with E-state index in [9.17, 15) is 18.4 Å². The van der Waals surface area contributed by atoms with Crippen molar-refractivity contribution in [2.75, 3.05) is 6.54 Å². The van der Waals surface area contributed by atoms with Crippen molar-refractivity contribution in [3.8, 4) is 0 Å². The van der Waals surface area contributed by atoms with Crippen molar-refractivity contribution >= 4 is 16.7 Å². The Morgan fingerprint density at radius 3 is 2.48 bits per heavy atom. The van der Waals surface area contributed by atoms with Gasteiger partial charge in [-0.1, -0.05) is 6.92 Å². The molecule has 0 bridgehead atoms. The van der Waals surface area contributed by atoms with Crippen LogP contribution in [0.3, 0.4) is 0 Å². The van der Waals surface area contributed by atoms with Gasteiger partial charge >= 0.3 is 0 Å². The van der Waals surface area contributed by atoms with Crippen molar-refractivity contribution in [3.63, 3.8) is 0 Å². The molecular weight excluding hydrogens is 278 g/mol. The molecular formula is C15H16F2N2O2. The summed E-state index contributed by atoms with van der Waals surface area (Å²) >= 11 is 0. The van der Waals surface area contributed by atoms with Gasteiger partial charge in [-0.05, 0) is 36.9 Å². The average molecular weight is 294 g/mol. The Kier molecular flexibility index (Phi) is 4.35. The quantitative estimate of drug-likeness (QED) is 0.941. The number of pyridine rings is 1. The second-order valence-electron chi connectivity index (χ2n) is 4.69. The van der Waals surface area contributed by atoms with E-state index < -0.39 is 23.1 Å². The third-order valence-corrected chi connectivity index (χ3v) is 3.24. The predicted octanol–water partition coefficient (Wildman–Crippen LogP) is 2.44. The number of aromatic nitrogens is 1. The van der Waals surface area contributed by atoms with E-state index in [2.05, 4.69) is 5.32 Å². The van der Waals surface area contributed by atoms with Gasteiger partial charge in [0, 0.05) is 13.1 Å². The molecule has 1 aromatic carbocycles. The Hall–Kier alpha value is -2.24. The van der Waals surface area contributed by atoms with Crippen LogP contribution in [0.25, 0.3) is 10.8 Å². The van der Waals surface area contributed by atoms with Crippen molar-refractivity contribution in [3.05, 3.63) is 45.9 Å². The predicted molar refractivity (Wildman–Crippen MR) is 76.4 cm³/mol. The standard InChI is InChI=1S/C15H16F2N2O2/c1-3-5-18-14(20)13-7-9-6-11(16)12(17)8-10(9)15(21)19(13)4-2/h6-8H,3-5H2,1-2H3,(H,18,20). The van der Waals surface area contributed by atoms with E-state index in [0.29, 0.717) is 6.54 Å². The topological polar surface area (TPSA) is 51.1 Å². The second kappa shape index (κ2) is 6.03. The largest absolute Gasteiger partial charge is 0.351 e. The average Bonchev–Trinajstić information content (AvgIpc) is 2.46. The first-order chi connectivity index (χ1) is 9.99. The molecule has 1 N–H and O–H groups in total. The Bertz CT molecular complexity index is 753. The van der Waals surface area contributed by atoms with Gasteiger partial charge in [0.2, 0.25) is 0 Å². The zero-order valence-corrected chi connectivity index (χ0v) is 11.9. The first kappa shape index (κ1) is 15.2. The van der Waals surface area contributed by atoms with E-state index in [1.165, 1.54) is 10.6 Å². The van der Waals surface area contributed by atoms with E-state index in [1.807, 2.05) is 6.92 Å². The van der Waals surface area contributed by atoms with Crippen LogP contribution in [0, 0.1) is 11.6 Å². The maximum absolute atomic E-state index is 13.3. The molecule has 0 unspecified atom stereocenters. The molecule has 0 saturated heterocycles. The molecule has 112 valence electrons. The summed E-state index contributed by atoms with van der Waals surface area (Å²) in [5, 5.41) is 2.95. The van der Waals surface area contributed by atoms with Crippen molar-refractivity contribution in [2.24, 2.45) is 0 Å². The minimum absolute atomic E-state index is 0.0581. The fourth-order valence-electron chi connectivity index (χ4n) is 2.18. The Morgan fingerprint density at radius 2 is 1.86 bits per heavy atom. The fourth-order valence-corrected chi connectivity index (χ4v) is 2.18. The Balaban J connectivity index is 2.68. The summed E-state index contributed by atoms with van der Waals surface area (Å²) in [4.78, 5) is 24.4. The molecule has 0 radical (unpaired) electrons. The highest BCUT2D eigenvalue weighted by Gasteiger charge is 2.16. The van der Waals surface area contributed by atoms with Crippen LogP contribution in [-0.2, 0) is 6.54 Å². The van der Waals surface area contributed by atoms with Crippen molar-refractivity contribution in [1.82, 2.24) is 9.88 Å². The van der Waals surface area contributed by atoms with Crippen LogP contribution < -0.4 is 10.9 Å². The summed E-state index contributed by atoms with van der Waals surface area (Å²) in [6.45, 7) is 4.37. The van der Waals surface area contributed by atoms with E-state index in [1.54, 1.807) is 6.92 Å². The number of rotatable bonds is 4. The van der Waals surface area contributed by atoms with Crippen molar-refractivity contribution in [2.45, 2.75) is 26.8 Å². The number of carbonyl (C=O) groups is 1. The number of hydrogen-bond acceptors (Lipinski definition) is 2. The molecule has 1 aromatic heterocycles. The lowest BCUT2D eigenvalue weighted by molar-refractivity contribution is 0.0943. The number of hydrogen-bond donors (Lipinski definition) is 1. The summed E-state index contributed by atoms with van der Waals surface area (Å²) in [7, 11) is 0. The van der Waals surface area contributed by atoms with Gasteiger partial charge in [-0.15, -0.1) is 0 Å². The molecule has 0 aliphatic carbocycles. The first-order valence-corrected chi connectivity index (χ1v) is 6.80. The number of nitrogens with zero attached hydrogens (tertiary/aromatic N) is 1. The molecule has 0 saturated carbocycles. The molecule has 1 amide bonds. The number of benzene rings is 1. The normalized spacial score (nSPS) is 10.9. The lowest BCUT2D eigenvalue weighted by Gasteiger charge is -2.12. The van der Waals surface area contributed by atoms with Crippen LogP contribution in [0.4, 0.5) is 8.78 Å². The number of fused-ring (bicyclic) bond motifs is 1. The highest BCUT2D eigenvalue weighted by molar-refractivity contribution is 5.96. The van der Waals surface area contributed by atoms with Gasteiger partial charge in [0.25, 0.3) is 11.5 Å². The minimum atomic E-state index is -1.08. The van der Waals surface area contributed by atoms with Gasteiger partial charge in [0.1, 0.15) is 5.69 Å². The Morgan fingerprint density at radius 1 is 1.19 bits per heavy atom. The van der Waals surface area contributed by atoms with Crippen LogP contribution in [0.1, 0.15) is 30.8 Å². The van der Waals surface area contributed by atoms with E-state index in [4.69, 9.17) is 0 Å². The van der Waals surface area contributed by atoms with Crippen LogP contribution in [-0.4, -0.2) is 17.0 Å². The summed E-state index contributed by atoms with van der Waals surface area (Å²) in [5.74, 6) is -2.52. The maximum atomic E-state index is 13.3. The summed E-state index contributed by atoms with van der Waals surface area (Å²) in [5.41, 5.74) is -0.356. The molecule has 0 aliphatic heterocycles. The number of amides is 1. The monoisotopic (exact) mass is 294 g/mol. The van der Waals surface area contributed by atoms with Gasteiger partial charge in [0.05, 0.1) is 5.39 Å². The number of carbonyl (C=O) groups excluding carboxylic acids is 1. The molecule has 4 nitrogen and oxygen atoms in total. The second-order valence-corrected chi connectivity index (χ2v) is 4.69. The molecule has 2 rings (SSSR count). The molecule has 0 spiro atoms. The molecule has 2 aromatic rings. The smallest absolute Gasteiger partial charge is 0.268 e. The lowest BCUT2D eigenvalue weighted by atomic mass is 10.1. The third kappa shape index (κ3) is 2.79. The molecule has 21 heavy (non-hydrogen) atoms. The van der Waals surface area contributed by atoms with Gasteiger partial charge in [-0.2, -0.15) is 0 Å². The first-order valence-electron chi connectivity index (χ1n) is 6.80. The highest BCUT2D eigenvalue weighted by atomic mass is 19.2. The molecule has 6 heteroatoms. The SMILES string of the molecule is CCCNC(=O)c1cc2cc(F)c(F)cc2c(=O)n1CC. The van der Waals surface area contributed by atoms with Crippen molar-refractivity contribution in [1.29, 1.82) is 0 Å². The highest BCUT2D eigenvalue weighted by Crippen LogP contribution is 2.17. The lowest BCUT2D eigenvalue weighted by Crippen LogP contribution is -2.32. The van der Waals surface area contributed by atoms with E-state index in [-0.39, 0.29) is 23.0 Å². The van der Waals surface area contributed by atoms with Gasteiger partial charge in [-0.25, -0.2) is 8.78 Å². The van der Waals surface area contributed by atoms with Gasteiger partial charge in [0.15, 0.2) is 11.6 Å². The zero-order valence-electron chi connectivity index (χ0n) is 11.9. The fraction of sp³-hybridized carbons (Fsp3) is 0.333. The van der Waals surface area contributed by atoms with Crippen LogP contribution >= 0.6 is 0 Å². The molecule has 0 aliphatic rings. The molecule has 1 heterocycles. The maximum Gasteiger partial charge on any atom is 0.268 e. The molecule has 0 atom stereocenters. The minimum Gasteiger partial charge on any atom is -0.351 e. The Labute approximate surface area is 120 Å². The van der Waals surface area contributed by atoms with Crippen LogP contribution in [0.15, 0.2) is 23.0 Å². The van der Waals surface area contributed by atoms with Crippen LogP contribution in [0.5, 0.6) is 0 Å². The summed E-state index contributed by atoms with van der Waals surface area (Å²) < 4.78 is 27.9. The van der Waals surface area contributed by atoms with E-state index >= 15 is 0 Å². The molecule has 0 fully saturated rings. The zero-order chi connectivity index (χ0) is 15.6. The number of nitrogens with one attached hydrogen (secondary N) is 1. The van der Waals surface area contributed by atoms with E-state index in [0.717, 1.165) is 18.6 Å². The summed E-state index contributed by atoms with van der Waals surface area (Å²) in [6, 6.07) is 3.21. The van der Waals surface area contributed by atoms with Crippen LogP contribution in [0.2, 0.25) is 0 Å². The summed E-state index contributed by atoms with van der Waals surface area (Å²) in [6.07, 6.45) is 0.759. The van der Waals surface area contributed by atoms with Crippen molar-refractivity contribution < 1.29 is 13.6 Å². The number of halogens is 2. The van der Waals surface area contributed by atoms with Gasteiger partial charge < -0.3 is 9.88 Å². The third-order valence-electron chi connectivity index (χ3n) is 3.24. The van der Waals surface area contributed by atoms with Gasteiger partial charge in [-0.3, -0.25) is 9.59 Å².